The van der Waals surface area contributed by atoms with E-state index in [2.05, 4.69) is 35.5 Å². The molecule has 6 aromatic rings. The largest absolute Gasteiger partial charge is 0.491 e. The molecule has 4 aromatic heterocycles. The third kappa shape index (κ3) is 6.63. The van der Waals surface area contributed by atoms with Crippen molar-refractivity contribution in [3.63, 3.8) is 0 Å². The lowest BCUT2D eigenvalue weighted by Gasteiger charge is -2.22. The Morgan fingerprint density at radius 2 is 2.02 bits per heavy atom. The van der Waals surface area contributed by atoms with Crippen molar-refractivity contribution in [2.75, 3.05) is 24.2 Å². The number of carbonyl (C=O) groups is 1. The van der Waals surface area contributed by atoms with Crippen LogP contribution in [0.5, 0.6) is 5.75 Å². The highest BCUT2D eigenvalue weighted by Crippen LogP contribution is 2.41. The van der Waals surface area contributed by atoms with E-state index in [4.69, 9.17) is 21.4 Å². The van der Waals surface area contributed by atoms with Crippen LogP contribution in [0.25, 0.3) is 27.5 Å². The van der Waals surface area contributed by atoms with Gasteiger partial charge in [0.05, 0.1) is 40.2 Å². The fourth-order valence-electron chi connectivity index (χ4n) is 6.81. The van der Waals surface area contributed by atoms with Crippen molar-refractivity contribution in [1.29, 1.82) is 0 Å². The van der Waals surface area contributed by atoms with E-state index in [1.54, 1.807) is 34.1 Å². The zero-order valence-corrected chi connectivity index (χ0v) is 30.2. The number of aromatic carboxylic acids is 1. The van der Waals surface area contributed by atoms with Gasteiger partial charge in [-0.1, -0.05) is 30.7 Å². The average molecular weight is 715 g/mol. The Morgan fingerprint density at radius 1 is 1.14 bits per heavy atom. The summed E-state index contributed by atoms with van der Waals surface area (Å²) in [5.41, 5.74) is 9.03. The first kappa shape index (κ1) is 33.4. The van der Waals surface area contributed by atoms with Crippen molar-refractivity contribution in [1.82, 2.24) is 24.0 Å². The number of thioether (sulfide) groups is 2. The van der Waals surface area contributed by atoms with Crippen LogP contribution in [0.4, 0.5) is 5.69 Å². The van der Waals surface area contributed by atoms with Crippen LogP contribution in [0.1, 0.15) is 52.8 Å². The fourth-order valence-corrected chi connectivity index (χ4v) is 8.62. The first-order chi connectivity index (χ1) is 23.8. The van der Waals surface area contributed by atoms with Gasteiger partial charge in [0.25, 0.3) is 0 Å². The molecule has 1 aliphatic heterocycles. The summed E-state index contributed by atoms with van der Waals surface area (Å²) in [6.07, 6.45) is 6.95. The van der Waals surface area contributed by atoms with Crippen molar-refractivity contribution >= 4 is 63.2 Å². The molecule has 5 heterocycles. The van der Waals surface area contributed by atoms with E-state index in [1.807, 2.05) is 60.0 Å². The lowest BCUT2D eigenvalue weighted by molar-refractivity contribution is 0.0685. The average Bonchev–Trinajstić information content (AvgIpc) is 3.77. The maximum absolute atomic E-state index is 12.7. The van der Waals surface area contributed by atoms with Crippen LogP contribution < -0.4 is 10.1 Å². The van der Waals surface area contributed by atoms with E-state index >= 15 is 0 Å². The second-order valence-corrected chi connectivity index (χ2v) is 14.9. The molecule has 0 radical (unpaired) electrons. The van der Waals surface area contributed by atoms with Crippen molar-refractivity contribution in [3.8, 4) is 16.9 Å². The van der Waals surface area contributed by atoms with E-state index in [1.165, 1.54) is 16.2 Å². The molecule has 0 aliphatic carbocycles. The molecule has 0 bridgehead atoms. The van der Waals surface area contributed by atoms with Crippen molar-refractivity contribution in [2.24, 2.45) is 14.1 Å². The summed E-state index contributed by atoms with van der Waals surface area (Å²) in [7, 11) is 3.82. The van der Waals surface area contributed by atoms with Crippen molar-refractivity contribution in [2.45, 2.75) is 49.0 Å². The number of ether oxygens (including phenoxy) is 1. The molecule has 0 amide bonds. The van der Waals surface area contributed by atoms with Gasteiger partial charge in [-0.05, 0) is 79.0 Å². The van der Waals surface area contributed by atoms with Crippen LogP contribution in [-0.2, 0) is 38.4 Å². The molecule has 0 spiro atoms. The zero-order valence-electron chi connectivity index (χ0n) is 27.8. The highest BCUT2D eigenvalue weighted by Gasteiger charge is 2.25. The fraction of sp³-hybridized carbons (Fsp3) is 0.324. The van der Waals surface area contributed by atoms with Crippen LogP contribution in [0.2, 0.25) is 5.02 Å². The minimum Gasteiger partial charge on any atom is -0.491 e. The summed E-state index contributed by atoms with van der Waals surface area (Å²) < 4.78 is 12.0. The molecule has 7 rings (SSSR count). The molecule has 0 fully saturated rings. The summed E-state index contributed by atoms with van der Waals surface area (Å²) in [5, 5.41) is 24.6. The minimum atomic E-state index is -0.968. The molecule has 2 N–H and O–H groups in total. The quantitative estimate of drug-likeness (QED) is 0.0908. The first-order valence-corrected chi connectivity index (χ1v) is 19.1. The number of benzene rings is 2. The maximum atomic E-state index is 12.7. The van der Waals surface area contributed by atoms with Gasteiger partial charge in [-0.15, -0.1) is 11.8 Å². The number of carboxylic acids is 1. The number of pyridine rings is 1. The minimum absolute atomic E-state index is 0.263. The Bertz CT molecular complexity index is 2170. The number of aryl methyl sites for hydroxylation is 4. The first-order valence-electron chi connectivity index (χ1n) is 16.6. The Morgan fingerprint density at radius 3 is 2.86 bits per heavy atom. The van der Waals surface area contributed by atoms with Crippen molar-refractivity contribution in [3.05, 3.63) is 94.2 Å². The van der Waals surface area contributed by atoms with E-state index in [0.29, 0.717) is 24.5 Å². The Balaban J connectivity index is 1.12. The van der Waals surface area contributed by atoms with Gasteiger partial charge in [0.15, 0.2) is 0 Å². The lowest BCUT2D eigenvalue weighted by atomic mass is 10.00. The number of carboxylic acid groups (broad SMARTS) is 1. The molecule has 2 aromatic carbocycles. The van der Waals surface area contributed by atoms with Crippen molar-refractivity contribution < 1.29 is 14.6 Å². The molecule has 12 heteroatoms. The number of hydrogen-bond donors (Lipinski definition) is 2. The molecule has 49 heavy (non-hydrogen) atoms. The van der Waals surface area contributed by atoms with Gasteiger partial charge in [0.2, 0.25) is 0 Å². The molecular weight excluding hydrogens is 676 g/mol. The molecule has 9 nitrogen and oxygen atoms in total. The van der Waals surface area contributed by atoms with Gasteiger partial charge < -0.3 is 19.7 Å². The normalized spacial score (nSPS) is 12.8. The number of aromatic nitrogens is 5. The topological polar surface area (TPSA) is 98.6 Å². The third-order valence-electron chi connectivity index (χ3n) is 9.09. The van der Waals surface area contributed by atoms with Gasteiger partial charge in [-0.3, -0.25) is 4.68 Å². The second-order valence-electron chi connectivity index (χ2n) is 12.2. The number of nitrogens with one attached hydrogen (secondary N) is 1. The van der Waals surface area contributed by atoms with Crippen LogP contribution >= 0.6 is 35.1 Å². The number of rotatable bonds is 13. The third-order valence-corrected chi connectivity index (χ3v) is 11.3. The number of anilines is 1. The molecule has 0 atom stereocenters. The summed E-state index contributed by atoms with van der Waals surface area (Å²) in [4.78, 5) is 13.8. The predicted octanol–water partition coefficient (Wildman–Crippen LogP) is 8.49. The van der Waals surface area contributed by atoms with Crippen LogP contribution in [0.3, 0.4) is 0 Å². The SMILES string of the molecule is CCSCc1cc(CSc2cc3c(c(OCCCc4c(C(=O)O)n(C)c5c(-c6cnn7ccccc67)c(Cl)ccc45)c2)NCCC3)n(C)n1. The van der Waals surface area contributed by atoms with E-state index < -0.39 is 5.97 Å². The van der Waals surface area contributed by atoms with Gasteiger partial charge in [-0.25, -0.2) is 9.31 Å². The van der Waals surface area contributed by atoms with Gasteiger partial charge in [-0.2, -0.15) is 22.0 Å². The van der Waals surface area contributed by atoms with Gasteiger partial charge >= 0.3 is 5.97 Å². The second kappa shape index (κ2) is 14.4. The van der Waals surface area contributed by atoms with Crippen LogP contribution in [0.15, 0.2) is 65.8 Å². The molecular formula is C37H39ClN6O3S2. The highest BCUT2D eigenvalue weighted by atomic mass is 35.5. The monoisotopic (exact) mass is 714 g/mol. The zero-order chi connectivity index (χ0) is 34.1. The maximum Gasteiger partial charge on any atom is 0.352 e. The Kier molecular flexibility index (Phi) is 9.84. The highest BCUT2D eigenvalue weighted by molar-refractivity contribution is 7.98. The Labute approximate surface area is 299 Å². The summed E-state index contributed by atoms with van der Waals surface area (Å²) in [6, 6.07) is 16.3. The molecule has 0 unspecified atom stereocenters. The van der Waals surface area contributed by atoms with E-state index in [0.717, 1.165) is 86.9 Å². The lowest BCUT2D eigenvalue weighted by Crippen LogP contribution is -2.14. The standard InChI is InChI=1S/C37H39ClN6O3S2/c1-4-48-21-24-18-25(43(3)41-24)22-49-26-17-23-9-7-14-39-34(23)32(19-26)47-16-8-10-27-28-12-13-30(38)33(35(28)42(2)36(27)37(45)46)29-20-40-44-15-6-5-11-31(29)44/h5-6,11-13,15,17-20,39H,4,7-10,14,16,21-22H2,1-3H3,(H,45,46). The van der Waals surface area contributed by atoms with E-state index in [9.17, 15) is 9.90 Å². The summed E-state index contributed by atoms with van der Waals surface area (Å²) in [5.74, 6) is 2.72. The molecule has 1 aliphatic rings. The number of fused-ring (bicyclic) bond motifs is 3. The van der Waals surface area contributed by atoms with Gasteiger partial charge in [0.1, 0.15) is 11.4 Å². The summed E-state index contributed by atoms with van der Waals surface area (Å²) in [6.45, 7) is 3.54. The predicted molar refractivity (Wildman–Crippen MR) is 201 cm³/mol. The summed E-state index contributed by atoms with van der Waals surface area (Å²) >= 11 is 10.5. The van der Waals surface area contributed by atoms with Crippen LogP contribution in [-0.4, -0.2) is 53.9 Å². The van der Waals surface area contributed by atoms with Gasteiger partial charge in [0, 0.05) is 65.4 Å². The number of halogens is 1. The number of nitrogens with zero attached hydrogens (tertiary/aromatic N) is 5. The number of hydrogen-bond acceptors (Lipinski definition) is 7. The van der Waals surface area contributed by atoms with Crippen LogP contribution in [0, 0.1) is 0 Å². The molecule has 254 valence electrons. The molecule has 0 saturated carbocycles. The smallest absolute Gasteiger partial charge is 0.352 e. The Hall–Kier alpha value is -4.06. The molecule has 0 saturated heterocycles. The van der Waals surface area contributed by atoms with E-state index in [-0.39, 0.29) is 5.69 Å².